The van der Waals surface area contributed by atoms with Crippen molar-refractivity contribution >= 4 is 0 Å². The minimum atomic E-state index is -0.663. The number of aromatic amines is 2. The molecular formula is C17H18F2N8O. The van der Waals surface area contributed by atoms with Gasteiger partial charge >= 0.3 is 0 Å². The number of benzene rings is 1. The number of ether oxygens (including phenoxy) is 1. The van der Waals surface area contributed by atoms with Gasteiger partial charge in [0.25, 0.3) is 0 Å². The number of hydrogen-bond donors (Lipinski definition) is 3. The third-order valence-electron chi connectivity index (χ3n) is 5.41. The number of aromatic nitrogens is 6. The van der Waals surface area contributed by atoms with E-state index < -0.39 is 23.8 Å². The average Bonchev–Trinajstić information content (AvgIpc) is 3.40. The Labute approximate surface area is 158 Å². The zero-order valence-corrected chi connectivity index (χ0v) is 14.8. The fraction of sp³-hybridized carbons (Fsp3) is 0.412. The second kappa shape index (κ2) is 6.69. The summed E-state index contributed by atoms with van der Waals surface area (Å²) in [5, 5.41) is 21.3. The minimum Gasteiger partial charge on any atom is -0.370 e. The van der Waals surface area contributed by atoms with Gasteiger partial charge < -0.3 is 10.5 Å². The molecule has 4 N–H and O–H groups in total. The lowest BCUT2D eigenvalue weighted by Gasteiger charge is -2.38. The maximum Gasteiger partial charge on any atom is 0.225 e. The van der Waals surface area contributed by atoms with E-state index in [1.54, 1.807) is 0 Å². The third-order valence-corrected chi connectivity index (χ3v) is 5.41. The first-order valence-electron chi connectivity index (χ1n) is 8.96. The summed E-state index contributed by atoms with van der Waals surface area (Å²) in [6, 6.07) is 2.96. The Hall–Kier alpha value is -2.76. The van der Waals surface area contributed by atoms with Gasteiger partial charge in [-0.15, -0.1) is 10.2 Å². The summed E-state index contributed by atoms with van der Waals surface area (Å²) in [5.41, 5.74) is 9.14. The zero-order chi connectivity index (χ0) is 19.3. The first-order chi connectivity index (χ1) is 13.6. The lowest BCUT2D eigenvalue weighted by molar-refractivity contribution is -0.0532. The summed E-state index contributed by atoms with van der Waals surface area (Å²) in [5.74, 6) is -0.571. The fourth-order valence-electron chi connectivity index (χ4n) is 4.02. The molecule has 28 heavy (non-hydrogen) atoms. The standard InChI is InChI=1S/C17H18F2N8O/c18-8-1-2-12(19)10(3-8)16-13(20)4-9(7-28-16)27-5-11-14(6-27)21-22-15(11)17-23-25-26-24-17/h1-3,9,13,16H,4-7,20H2,(H,21,22)(H,23,24,25,26)/t9-,13+,16?/m1/s1. The van der Waals surface area contributed by atoms with Crippen LogP contribution in [0, 0.1) is 11.6 Å². The summed E-state index contributed by atoms with van der Waals surface area (Å²) in [4.78, 5) is 2.23. The Morgan fingerprint density at radius 1 is 1.21 bits per heavy atom. The van der Waals surface area contributed by atoms with Gasteiger partial charge in [-0.2, -0.15) is 10.3 Å². The summed E-state index contributed by atoms with van der Waals surface area (Å²) in [6.07, 6.45) is -0.0560. The summed E-state index contributed by atoms with van der Waals surface area (Å²) in [6.45, 7) is 1.69. The molecule has 11 heteroatoms. The molecule has 5 rings (SSSR count). The molecule has 2 aliphatic rings. The van der Waals surface area contributed by atoms with Crippen molar-refractivity contribution in [3.05, 3.63) is 46.7 Å². The Bertz CT molecular complexity index is 991. The van der Waals surface area contributed by atoms with E-state index in [0.29, 0.717) is 37.6 Å². The van der Waals surface area contributed by atoms with Crippen molar-refractivity contribution in [2.24, 2.45) is 5.73 Å². The van der Waals surface area contributed by atoms with E-state index in [2.05, 4.69) is 35.7 Å². The van der Waals surface area contributed by atoms with Crippen molar-refractivity contribution < 1.29 is 13.5 Å². The van der Waals surface area contributed by atoms with Crippen molar-refractivity contribution in [2.45, 2.75) is 37.7 Å². The van der Waals surface area contributed by atoms with Crippen molar-refractivity contribution in [2.75, 3.05) is 6.61 Å². The van der Waals surface area contributed by atoms with E-state index in [4.69, 9.17) is 10.5 Å². The first kappa shape index (κ1) is 17.3. The highest BCUT2D eigenvalue weighted by atomic mass is 19.1. The number of nitrogens with zero attached hydrogens (tertiary/aromatic N) is 5. The topological polar surface area (TPSA) is 122 Å². The Morgan fingerprint density at radius 3 is 2.89 bits per heavy atom. The summed E-state index contributed by atoms with van der Waals surface area (Å²) in [7, 11) is 0. The average molecular weight is 388 g/mol. The predicted octanol–water partition coefficient (Wildman–Crippen LogP) is 1.04. The van der Waals surface area contributed by atoms with Crippen LogP contribution >= 0.6 is 0 Å². The van der Waals surface area contributed by atoms with Crippen molar-refractivity contribution in [1.29, 1.82) is 0 Å². The second-order valence-corrected chi connectivity index (χ2v) is 7.14. The molecule has 9 nitrogen and oxygen atoms in total. The molecule has 3 atom stereocenters. The molecule has 3 aromatic rings. The van der Waals surface area contributed by atoms with Crippen LogP contribution in [0.5, 0.6) is 0 Å². The van der Waals surface area contributed by atoms with Gasteiger partial charge in [-0.3, -0.25) is 10.00 Å². The van der Waals surface area contributed by atoms with Gasteiger partial charge in [0.1, 0.15) is 23.4 Å². The highest BCUT2D eigenvalue weighted by Gasteiger charge is 2.38. The van der Waals surface area contributed by atoms with Crippen LogP contribution in [0.25, 0.3) is 11.5 Å². The van der Waals surface area contributed by atoms with E-state index in [9.17, 15) is 8.78 Å². The normalized spacial score (nSPS) is 25.2. The molecule has 4 heterocycles. The molecule has 0 aliphatic carbocycles. The van der Waals surface area contributed by atoms with Crippen LogP contribution in [0.4, 0.5) is 8.78 Å². The number of tetrazole rings is 1. The number of fused-ring (bicyclic) bond motifs is 1. The highest BCUT2D eigenvalue weighted by Crippen LogP contribution is 2.35. The number of halogens is 2. The molecule has 0 radical (unpaired) electrons. The molecule has 1 fully saturated rings. The molecule has 2 aliphatic heterocycles. The maximum atomic E-state index is 14.1. The Morgan fingerprint density at radius 2 is 2.11 bits per heavy atom. The van der Waals surface area contributed by atoms with Crippen LogP contribution in [0.15, 0.2) is 18.2 Å². The quantitative estimate of drug-likeness (QED) is 0.613. The molecule has 0 bridgehead atoms. The van der Waals surface area contributed by atoms with E-state index in [1.807, 2.05) is 0 Å². The van der Waals surface area contributed by atoms with Crippen molar-refractivity contribution in [3.63, 3.8) is 0 Å². The summed E-state index contributed by atoms with van der Waals surface area (Å²) >= 11 is 0. The molecule has 1 saturated heterocycles. The largest absolute Gasteiger partial charge is 0.370 e. The molecule has 0 amide bonds. The highest BCUT2D eigenvalue weighted by molar-refractivity contribution is 5.56. The number of hydrogen-bond acceptors (Lipinski definition) is 7. The molecule has 1 unspecified atom stereocenters. The van der Waals surface area contributed by atoms with Gasteiger partial charge in [-0.25, -0.2) is 8.78 Å². The number of nitrogens with two attached hydrogens (primary N) is 1. The van der Waals surface area contributed by atoms with Crippen molar-refractivity contribution in [1.82, 2.24) is 35.7 Å². The number of nitrogens with one attached hydrogen (secondary N) is 2. The minimum absolute atomic E-state index is 0.0572. The van der Waals surface area contributed by atoms with Crippen LogP contribution in [0.1, 0.15) is 29.3 Å². The van der Waals surface area contributed by atoms with Gasteiger partial charge in [0.2, 0.25) is 5.82 Å². The third kappa shape index (κ3) is 2.87. The Kier molecular flexibility index (Phi) is 4.14. The van der Waals surface area contributed by atoms with E-state index in [-0.39, 0.29) is 11.6 Å². The molecule has 146 valence electrons. The fourth-order valence-corrected chi connectivity index (χ4v) is 4.02. The maximum absolute atomic E-state index is 14.1. The van der Waals surface area contributed by atoms with Gasteiger partial charge in [-0.05, 0) is 29.8 Å². The lowest BCUT2D eigenvalue weighted by Crippen LogP contribution is -2.47. The van der Waals surface area contributed by atoms with E-state index >= 15 is 0 Å². The first-order valence-corrected chi connectivity index (χ1v) is 8.96. The van der Waals surface area contributed by atoms with Gasteiger partial charge in [0.05, 0.1) is 12.3 Å². The molecule has 1 aromatic carbocycles. The number of H-pyrrole nitrogens is 2. The van der Waals surface area contributed by atoms with Crippen molar-refractivity contribution in [3.8, 4) is 11.5 Å². The molecular weight excluding hydrogens is 370 g/mol. The van der Waals surface area contributed by atoms with E-state index in [0.717, 1.165) is 29.5 Å². The van der Waals surface area contributed by atoms with Crippen LogP contribution in [-0.2, 0) is 17.8 Å². The van der Waals surface area contributed by atoms with Crippen LogP contribution in [-0.4, -0.2) is 54.4 Å². The summed E-state index contributed by atoms with van der Waals surface area (Å²) < 4.78 is 33.5. The SMILES string of the molecule is N[C@H]1C[C@@H](N2Cc3[nH]nc(-c4nn[nH]n4)c3C2)COC1c1cc(F)ccc1F. The number of rotatable bonds is 3. The monoisotopic (exact) mass is 388 g/mol. The smallest absolute Gasteiger partial charge is 0.225 e. The molecule has 0 saturated carbocycles. The van der Waals surface area contributed by atoms with Gasteiger partial charge in [-0.1, -0.05) is 0 Å². The van der Waals surface area contributed by atoms with Crippen LogP contribution < -0.4 is 5.73 Å². The lowest BCUT2D eigenvalue weighted by atomic mass is 9.93. The molecule has 2 aromatic heterocycles. The van der Waals surface area contributed by atoms with Crippen LogP contribution in [0.2, 0.25) is 0 Å². The Balaban J connectivity index is 1.30. The second-order valence-electron chi connectivity index (χ2n) is 7.14. The zero-order valence-electron chi connectivity index (χ0n) is 14.8. The van der Waals surface area contributed by atoms with Gasteiger partial charge in [0, 0.05) is 36.3 Å². The van der Waals surface area contributed by atoms with Gasteiger partial charge in [0.15, 0.2) is 0 Å². The van der Waals surface area contributed by atoms with Crippen LogP contribution in [0.3, 0.4) is 0 Å². The predicted molar refractivity (Wildman–Crippen MR) is 92.4 cm³/mol. The molecule has 0 spiro atoms. The van der Waals surface area contributed by atoms with E-state index in [1.165, 1.54) is 0 Å².